The van der Waals surface area contributed by atoms with Gasteiger partial charge in [0.2, 0.25) is 5.91 Å². The van der Waals surface area contributed by atoms with Gasteiger partial charge in [-0.1, -0.05) is 52.3 Å². The van der Waals surface area contributed by atoms with Crippen molar-refractivity contribution in [1.82, 2.24) is 15.1 Å². The molecule has 0 radical (unpaired) electrons. The lowest BCUT2D eigenvalue weighted by molar-refractivity contribution is -0.139. The summed E-state index contributed by atoms with van der Waals surface area (Å²) in [6.07, 6.45) is 1.19. The number of carbonyl (C=O) groups is 2. The Labute approximate surface area is 171 Å². The average Bonchev–Trinajstić information content (AvgIpc) is 3.03. The van der Waals surface area contributed by atoms with Crippen molar-refractivity contribution in [2.45, 2.75) is 52.0 Å². The van der Waals surface area contributed by atoms with Gasteiger partial charge >= 0.3 is 5.97 Å². The molecule has 0 saturated heterocycles. The predicted octanol–water partition coefficient (Wildman–Crippen LogP) is 3.37. The van der Waals surface area contributed by atoms with E-state index in [4.69, 9.17) is 0 Å². The number of nitrogens with zero attached hydrogens (tertiary/aromatic N) is 2. The summed E-state index contributed by atoms with van der Waals surface area (Å²) in [6.45, 7) is 7.99. The highest BCUT2D eigenvalue weighted by atomic mass is 35.5. The van der Waals surface area contributed by atoms with Gasteiger partial charge in [0, 0.05) is 11.5 Å². The first-order valence-electron chi connectivity index (χ1n) is 9.14. The van der Waals surface area contributed by atoms with E-state index in [-0.39, 0.29) is 30.3 Å². The molecule has 0 aliphatic carbocycles. The van der Waals surface area contributed by atoms with E-state index in [1.54, 1.807) is 4.68 Å². The number of carbonyl (C=O) groups excluding carboxylic acids is 1. The van der Waals surface area contributed by atoms with Gasteiger partial charge in [0.1, 0.15) is 11.9 Å². The molecule has 0 fully saturated rings. The quantitative estimate of drug-likeness (QED) is 0.622. The summed E-state index contributed by atoms with van der Waals surface area (Å²) >= 11 is 0. The van der Waals surface area contributed by atoms with Crippen molar-refractivity contribution >= 4 is 30.1 Å². The number of halogens is 1. The lowest BCUT2D eigenvalue weighted by Gasteiger charge is -2.14. The van der Waals surface area contributed by atoms with Crippen LogP contribution in [0.3, 0.4) is 0 Å². The fourth-order valence-corrected chi connectivity index (χ4v) is 2.61. The Morgan fingerprint density at radius 2 is 1.86 bits per heavy atom. The highest BCUT2D eigenvalue weighted by Crippen LogP contribution is 2.26. The monoisotopic (exact) mass is 408 g/mol. The van der Waals surface area contributed by atoms with Gasteiger partial charge in [0.25, 0.3) is 0 Å². The van der Waals surface area contributed by atoms with Gasteiger partial charge in [-0.05, 0) is 18.6 Å². The molecule has 0 spiro atoms. The molecule has 1 aromatic heterocycles. The van der Waals surface area contributed by atoms with E-state index in [2.05, 4.69) is 36.5 Å². The van der Waals surface area contributed by atoms with Crippen molar-refractivity contribution in [2.75, 3.05) is 11.9 Å². The minimum Gasteiger partial charge on any atom is -0.480 e. The first kappa shape index (κ1) is 23.7. The van der Waals surface area contributed by atoms with Crippen molar-refractivity contribution in [2.24, 2.45) is 0 Å². The number of benzene rings is 1. The second kappa shape index (κ2) is 10.2. The van der Waals surface area contributed by atoms with E-state index in [1.807, 2.05) is 43.3 Å². The number of amides is 1. The van der Waals surface area contributed by atoms with Gasteiger partial charge in [-0.3, -0.25) is 14.9 Å². The summed E-state index contributed by atoms with van der Waals surface area (Å²) < 4.78 is 1.69. The van der Waals surface area contributed by atoms with Crippen LogP contribution in [0.4, 0.5) is 5.82 Å². The normalized spacial score (nSPS) is 12.1. The summed E-state index contributed by atoms with van der Waals surface area (Å²) in [6, 6.07) is 10.7. The highest BCUT2D eigenvalue weighted by Gasteiger charge is 2.22. The molecule has 154 valence electrons. The van der Waals surface area contributed by atoms with Gasteiger partial charge in [0.15, 0.2) is 0 Å². The predicted molar refractivity (Wildman–Crippen MR) is 112 cm³/mol. The van der Waals surface area contributed by atoms with Crippen molar-refractivity contribution in [3.63, 3.8) is 0 Å². The Hall–Kier alpha value is -2.38. The number of carboxylic acid groups (broad SMARTS) is 1. The minimum absolute atomic E-state index is 0. The number of hydrogen-bond donors (Lipinski definition) is 3. The molecular formula is C20H29ClN4O3. The number of aliphatic carboxylic acids is 1. The molecule has 0 saturated carbocycles. The fourth-order valence-electron chi connectivity index (χ4n) is 2.61. The molecule has 28 heavy (non-hydrogen) atoms. The van der Waals surface area contributed by atoms with Gasteiger partial charge in [-0.15, -0.1) is 12.4 Å². The number of hydrogen-bond acceptors (Lipinski definition) is 4. The van der Waals surface area contributed by atoms with Crippen LogP contribution in [0, 0.1) is 0 Å². The average molecular weight is 409 g/mol. The molecule has 0 aliphatic heterocycles. The maximum Gasteiger partial charge on any atom is 0.320 e. The number of rotatable bonds is 8. The smallest absolute Gasteiger partial charge is 0.320 e. The number of nitrogens with one attached hydrogen (secondary N) is 2. The van der Waals surface area contributed by atoms with Crippen molar-refractivity contribution in [3.05, 3.63) is 42.1 Å². The zero-order valence-electron chi connectivity index (χ0n) is 16.7. The molecule has 1 heterocycles. The maximum absolute atomic E-state index is 12.4. The van der Waals surface area contributed by atoms with Crippen LogP contribution in [0.5, 0.6) is 0 Å². The van der Waals surface area contributed by atoms with Crippen LogP contribution in [-0.2, 0) is 15.0 Å². The SMILES string of the molecule is CCCC(NCC(=O)Nc1cc(C(C)(C)C)nn1-c1ccccc1)C(=O)O.Cl. The molecule has 1 atom stereocenters. The zero-order chi connectivity index (χ0) is 20.0. The first-order valence-corrected chi connectivity index (χ1v) is 9.14. The van der Waals surface area contributed by atoms with Gasteiger partial charge < -0.3 is 10.4 Å². The van der Waals surface area contributed by atoms with Crippen LogP contribution in [0.25, 0.3) is 5.69 Å². The number of para-hydroxylation sites is 1. The van der Waals surface area contributed by atoms with E-state index in [0.29, 0.717) is 12.2 Å². The number of anilines is 1. The van der Waals surface area contributed by atoms with E-state index < -0.39 is 12.0 Å². The standard InChI is InChI=1S/C20H28N4O3.ClH/c1-5-9-15(19(26)27)21-13-18(25)22-17-12-16(20(2,3)4)23-24(17)14-10-7-6-8-11-14;/h6-8,10-12,15,21H,5,9,13H2,1-4H3,(H,22,25)(H,26,27);1H. The molecular weight excluding hydrogens is 380 g/mol. The van der Waals surface area contributed by atoms with Gasteiger partial charge in [0.05, 0.1) is 17.9 Å². The van der Waals surface area contributed by atoms with E-state index in [1.165, 1.54) is 0 Å². The van der Waals surface area contributed by atoms with Crippen molar-refractivity contribution < 1.29 is 14.7 Å². The van der Waals surface area contributed by atoms with Crippen molar-refractivity contribution in [1.29, 1.82) is 0 Å². The molecule has 1 aromatic carbocycles. The zero-order valence-corrected chi connectivity index (χ0v) is 17.5. The Kier molecular flexibility index (Phi) is 8.65. The van der Waals surface area contributed by atoms with Crippen LogP contribution in [0.15, 0.2) is 36.4 Å². The largest absolute Gasteiger partial charge is 0.480 e. The topological polar surface area (TPSA) is 96.3 Å². The molecule has 0 bridgehead atoms. The second-order valence-electron chi connectivity index (χ2n) is 7.52. The Bertz CT molecular complexity index is 784. The summed E-state index contributed by atoms with van der Waals surface area (Å²) in [4.78, 5) is 23.6. The minimum atomic E-state index is -0.950. The summed E-state index contributed by atoms with van der Waals surface area (Å²) in [5.74, 6) is -0.704. The maximum atomic E-state index is 12.4. The van der Waals surface area contributed by atoms with Crippen molar-refractivity contribution in [3.8, 4) is 5.69 Å². The highest BCUT2D eigenvalue weighted by molar-refractivity contribution is 5.92. The van der Waals surface area contributed by atoms with Crippen LogP contribution < -0.4 is 10.6 Å². The van der Waals surface area contributed by atoms with Gasteiger partial charge in [-0.25, -0.2) is 4.68 Å². The molecule has 1 unspecified atom stereocenters. The van der Waals surface area contributed by atoms with E-state index in [9.17, 15) is 14.7 Å². The molecule has 2 rings (SSSR count). The summed E-state index contributed by atoms with van der Waals surface area (Å²) in [5, 5.41) is 19.5. The molecule has 2 aromatic rings. The summed E-state index contributed by atoms with van der Waals surface area (Å²) in [5.41, 5.74) is 1.52. The molecule has 8 heteroatoms. The lowest BCUT2D eigenvalue weighted by Crippen LogP contribution is -2.41. The second-order valence-corrected chi connectivity index (χ2v) is 7.52. The van der Waals surface area contributed by atoms with Gasteiger partial charge in [-0.2, -0.15) is 5.10 Å². The summed E-state index contributed by atoms with van der Waals surface area (Å²) in [7, 11) is 0. The molecule has 1 amide bonds. The Morgan fingerprint density at radius 3 is 2.39 bits per heavy atom. The third-order valence-corrected chi connectivity index (χ3v) is 4.13. The Balaban J connectivity index is 0.00000392. The Morgan fingerprint density at radius 1 is 1.21 bits per heavy atom. The third kappa shape index (κ3) is 6.35. The molecule has 0 aliphatic rings. The van der Waals surface area contributed by atoms with E-state index >= 15 is 0 Å². The number of aromatic nitrogens is 2. The molecule has 7 nitrogen and oxygen atoms in total. The van der Waals surface area contributed by atoms with Crippen LogP contribution >= 0.6 is 12.4 Å². The van der Waals surface area contributed by atoms with Crippen LogP contribution in [0.2, 0.25) is 0 Å². The lowest BCUT2D eigenvalue weighted by atomic mass is 9.92. The molecule has 3 N–H and O–H groups in total. The third-order valence-electron chi connectivity index (χ3n) is 4.13. The number of carboxylic acids is 1. The fraction of sp³-hybridized carbons (Fsp3) is 0.450. The van der Waals surface area contributed by atoms with E-state index in [0.717, 1.165) is 17.8 Å². The first-order chi connectivity index (χ1) is 12.7. The van der Waals surface area contributed by atoms with Crippen LogP contribution in [0.1, 0.15) is 46.2 Å². The van der Waals surface area contributed by atoms with Crippen LogP contribution in [-0.4, -0.2) is 39.4 Å².